The maximum absolute atomic E-state index is 13.1. The molecule has 1 N–H and O–H groups in total. The van der Waals surface area contributed by atoms with E-state index in [2.05, 4.69) is 21.2 Å². The first-order valence-electron chi connectivity index (χ1n) is 5.71. The van der Waals surface area contributed by atoms with Crippen molar-refractivity contribution in [1.82, 2.24) is 0 Å². The van der Waals surface area contributed by atoms with Crippen LogP contribution in [0.25, 0.3) is 0 Å². The van der Waals surface area contributed by atoms with Crippen LogP contribution in [-0.2, 0) is 12.7 Å². The summed E-state index contributed by atoms with van der Waals surface area (Å²) in [5, 5.41) is 2.94. The lowest BCUT2D eigenvalue weighted by atomic mass is 10.2. The van der Waals surface area contributed by atoms with E-state index < -0.39 is 11.7 Å². The van der Waals surface area contributed by atoms with Crippen molar-refractivity contribution in [2.24, 2.45) is 0 Å². The summed E-state index contributed by atoms with van der Waals surface area (Å²) in [5.74, 6) is -0.364. The Hall–Kier alpha value is -1.56. The fourth-order valence-corrected chi connectivity index (χ4v) is 2.04. The molecule has 2 rings (SSSR count). The largest absolute Gasteiger partial charge is 0.416 e. The smallest absolute Gasteiger partial charge is 0.381 e. The lowest BCUT2D eigenvalue weighted by Gasteiger charge is -2.10. The summed E-state index contributed by atoms with van der Waals surface area (Å²) in [4.78, 5) is 0. The van der Waals surface area contributed by atoms with Gasteiger partial charge in [0, 0.05) is 16.7 Å². The van der Waals surface area contributed by atoms with Gasteiger partial charge < -0.3 is 5.32 Å². The molecule has 0 aliphatic rings. The Morgan fingerprint density at radius 1 is 1.00 bits per heavy atom. The van der Waals surface area contributed by atoms with E-state index in [0.29, 0.717) is 17.8 Å². The molecule has 2 aromatic rings. The molecule has 0 saturated carbocycles. The second-order valence-corrected chi connectivity index (χ2v) is 5.02. The van der Waals surface area contributed by atoms with Crippen LogP contribution < -0.4 is 5.32 Å². The summed E-state index contributed by atoms with van der Waals surface area (Å²) in [6, 6.07) is 8.96. The molecule has 0 aromatic heterocycles. The average Bonchev–Trinajstić information content (AvgIpc) is 2.39. The maximum atomic E-state index is 13.1. The predicted octanol–water partition coefficient (Wildman–Crippen LogP) is 5.22. The van der Waals surface area contributed by atoms with Gasteiger partial charge in [-0.05, 0) is 48.0 Å². The lowest BCUT2D eigenvalue weighted by Crippen LogP contribution is -2.05. The van der Waals surface area contributed by atoms with Gasteiger partial charge >= 0.3 is 6.18 Å². The minimum absolute atomic E-state index is 0.309. The molecular formula is C14H10BrF4N. The lowest BCUT2D eigenvalue weighted by molar-refractivity contribution is -0.137. The Kier molecular flexibility index (Phi) is 4.32. The molecule has 0 atom stereocenters. The van der Waals surface area contributed by atoms with Gasteiger partial charge in [-0.15, -0.1) is 0 Å². The van der Waals surface area contributed by atoms with Crippen molar-refractivity contribution in [3.05, 3.63) is 63.9 Å². The van der Waals surface area contributed by atoms with Crippen molar-refractivity contribution < 1.29 is 17.6 Å². The molecule has 6 heteroatoms. The van der Waals surface area contributed by atoms with Crippen molar-refractivity contribution in [1.29, 1.82) is 0 Å². The molecule has 0 aliphatic carbocycles. The third-order valence-electron chi connectivity index (χ3n) is 2.70. The van der Waals surface area contributed by atoms with Gasteiger partial charge in [0.1, 0.15) is 5.82 Å². The van der Waals surface area contributed by atoms with E-state index in [-0.39, 0.29) is 5.82 Å². The molecule has 1 nitrogen and oxygen atoms in total. The number of alkyl halides is 3. The van der Waals surface area contributed by atoms with Crippen LogP contribution in [0.1, 0.15) is 11.1 Å². The van der Waals surface area contributed by atoms with Crippen LogP contribution in [0.5, 0.6) is 0 Å². The first kappa shape index (κ1) is 14.8. The van der Waals surface area contributed by atoms with Crippen LogP contribution in [-0.4, -0.2) is 0 Å². The maximum Gasteiger partial charge on any atom is 0.416 e. The summed E-state index contributed by atoms with van der Waals surface area (Å²) in [5.41, 5.74) is 0.522. The molecule has 0 heterocycles. The van der Waals surface area contributed by atoms with Crippen LogP contribution in [0, 0.1) is 5.82 Å². The fraction of sp³-hybridized carbons (Fsp3) is 0.143. The molecule has 0 unspecified atom stereocenters. The van der Waals surface area contributed by atoms with E-state index in [4.69, 9.17) is 0 Å². The van der Waals surface area contributed by atoms with Crippen LogP contribution in [0.4, 0.5) is 23.2 Å². The number of halogens is 5. The van der Waals surface area contributed by atoms with Crippen LogP contribution in [0.3, 0.4) is 0 Å². The Balaban J connectivity index is 2.06. The highest BCUT2D eigenvalue weighted by Crippen LogP contribution is 2.30. The molecule has 0 saturated heterocycles. The molecule has 20 heavy (non-hydrogen) atoms. The van der Waals surface area contributed by atoms with Crippen molar-refractivity contribution in [2.45, 2.75) is 12.7 Å². The van der Waals surface area contributed by atoms with Crippen molar-refractivity contribution >= 4 is 21.6 Å². The van der Waals surface area contributed by atoms with E-state index >= 15 is 0 Å². The SMILES string of the molecule is Fc1ccc(Br)c(CNc2ccc(C(F)(F)F)cc2)c1. The zero-order valence-electron chi connectivity index (χ0n) is 10.1. The molecule has 0 aliphatic heterocycles. The number of hydrogen-bond acceptors (Lipinski definition) is 1. The Morgan fingerprint density at radius 3 is 2.25 bits per heavy atom. The zero-order chi connectivity index (χ0) is 14.8. The van der Waals surface area contributed by atoms with E-state index in [1.165, 1.54) is 24.3 Å². The van der Waals surface area contributed by atoms with Crippen LogP contribution >= 0.6 is 15.9 Å². The zero-order valence-corrected chi connectivity index (χ0v) is 11.7. The Morgan fingerprint density at radius 2 is 1.65 bits per heavy atom. The number of nitrogens with one attached hydrogen (secondary N) is 1. The van der Waals surface area contributed by atoms with Gasteiger partial charge in [-0.2, -0.15) is 13.2 Å². The standard InChI is InChI=1S/C14H10BrF4N/c15-13-6-3-11(16)7-9(13)8-20-12-4-1-10(2-5-12)14(17,18)19/h1-7,20H,8H2. The van der Waals surface area contributed by atoms with Gasteiger partial charge in [0.05, 0.1) is 5.56 Å². The van der Waals surface area contributed by atoms with Gasteiger partial charge in [-0.3, -0.25) is 0 Å². The number of hydrogen-bond donors (Lipinski definition) is 1. The summed E-state index contributed by atoms with van der Waals surface area (Å²) in [7, 11) is 0. The first-order chi connectivity index (χ1) is 9.36. The van der Waals surface area contributed by atoms with E-state index in [0.717, 1.165) is 16.6 Å². The van der Waals surface area contributed by atoms with Gasteiger partial charge in [0.25, 0.3) is 0 Å². The van der Waals surface area contributed by atoms with E-state index in [9.17, 15) is 17.6 Å². The predicted molar refractivity (Wildman–Crippen MR) is 72.9 cm³/mol. The quantitative estimate of drug-likeness (QED) is 0.750. The van der Waals surface area contributed by atoms with Gasteiger partial charge in [-0.1, -0.05) is 15.9 Å². The van der Waals surface area contributed by atoms with Crippen molar-refractivity contribution in [3.8, 4) is 0 Å². The average molecular weight is 348 g/mol. The summed E-state index contributed by atoms with van der Waals surface area (Å²) >= 11 is 3.29. The summed E-state index contributed by atoms with van der Waals surface area (Å²) in [6.07, 6.45) is -4.34. The topological polar surface area (TPSA) is 12.0 Å². The van der Waals surface area contributed by atoms with Crippen molar-refractivity contribution in [2.75, 3.05) is 5.32 Å². The molecule has 0 spiro atoms. The van der Waals surface area contributed by atoms with Gasteiger partial charge in [-0.25, -0.2) is 4.39 Å². The Labute approximate surface area is 121 Å². The second kappa shape index (κ2) is 5.83. The summed E-state index contributed by atoms with van der Waals surface area (Å²) < 4.78 is 51.0. The molecule has 106 valence electrons. The molecule has 0 bridgehead atoms. The highest BCUT2D eigenvalue weighted by molar-refractivity contribution is 9.10. The summed E-state index contributed by atoms with van der Waals surface area (Å²) in [6.45, 7) is 0.309. The highest BCUT2D eigenvalue weighted by Gasteiger charge is 2.29. The second-order valence-electron chi connectivity index (χ2n) is 4.16. The van der Waals surface area contributed by atoms with E-state index in [1.807, 2.05) is 0 Å². The molecule has 0 radical (unpaired) electrons. The molecule has 0 amide bonds. The van der Waals surface area contributed by atoms with Crippen LogP contribution in [0.2, 0.25) is 0 Å². The molecule has 2 aromatic carbocycles. The Bertz CT molecular complexity index is 593. The minimum Gasteiger partial charge on any atom is -0.381 e. The fourth-order valence-electron chi connectivity index (χ4n) is 1.65. The van der Waals surface area contributed by atoms with Gasteiger partial charge in [0.15, 0.2) is 0 Å². The third kappa shape index (κ3) is 3.72. The third-order valence-corrected chi connectivity index (χ3v) is 3.48. The molecule has 0 fully saturated rings. The van der Waals surface area contributed by atoms with Gasteiger partial charge in [0.2, 0.25) is 0 Å². The number of benzene rings is 2. The highest BCUT2D eigenvalue weighted by atomic mass is 79.9. The van der Waals surface area contributed by atoms with Crippen LogP contribution in [0.15, 0.2) is 46.9 Å². The monoisotopic (exact) mass is 347 g/mol. The molecular weight excluding hydrogens is 338 g/mol. The van der Waals surface area contributed by atoms with Crippen molar-refractivity contribution in [3.63, 3.8) is 0 Å². The van der Waals surface area contributed by atoms with E-state index in [1.54, 1.807) is 6.07 Å². The number of anilines is 1. The minimum atomic E-state index is -4.34. The number of rotatable bonds is 3. The first-order valence-corrected chi connectivity index (χ1v) is 6.50. The normalized spacial score (nSPS) is 11.4.